The second kappa shape index (κ2) is 5.33. The molecule has 5 nitrogen and oxygen atoms in total. The van der Waals surface area contributed by atoms with Crippen LogP contribution in [-0.2, 0) is 0 Å². The van der Waals surface area contributed by atoms with Gasteiger partial charge in [0.15, 0.2) is 0 Å². The van der Waals surface area contributed by atoms with Gasteiger partial charge in [0.25, 0.3) is 5.91 Å². The highest BCUT2D eigenvalue weighted by Crippen LogP contribution is 2.39. The number of hydrogen-bond donors (Lipinski definition) is 3. The second-order valence-electron chi connectivity index (χ2n) is 6.06. The van der Waals surface area contributed by atoms with Crippen molar-refractivity contribution in [3.8, 4) is 0 Å². The van der Waals surface area contributed by atoms with Crippen molar-refractivity contribution in [1.29, 1.82) is 0 Å². The van der Waals surface area contributed by atoms with Crippen molar-refractivity contribution in [3.05, 3.63) is 35.9 Å². The number of rotatable bonds is 4. The number of hydrazine groups is 1. The molecule has 1 aliphatic carbocycles. The number of anilines is 1. The quantitative estimate of drug-likeness (QED) is 0.595. The average Bonchev–Trinajstić information content (AvgIpc) is 2.49. The summed E-state index contributed by atoms with van der Waals surface area (Å²) in [5.41, 5.74) is 4.14. The maximum absolute atomic E-state index is 12.5. The predicted molar refractivity (Wildman–Crippen MR) is 83.8 cm³/mol. The molecule has 0 unspecified atom stereocenters. The minimum atomic E-state index is -0.0711. The van der Waals surface area contributed by atoms with Crippen LogP contribution in [0.1, 0.15) is 36.5 Å². The van der Waals surface area contributed by atoms with E-state index in [1.54, 1.807) is 6.07 Å². The number of carbonyl (C=O) groups is 1. The molecule has 1 aromatic carbocycles. The van der Waals surface area contributed by atoms with Crippen molar-refractivity contribution in [2.24, 2.45) is 11.3 Å². The van der Waals surface area contributed by atoms with Crippen LogP contribution in [-0.4, -0.2) is 17.4 Å². The number of pyridine rings is 1. The van der Waals surface area contributed by atoms with E-state index in [-0.39, 0.29) is 11.3 Å². The largest absolute Gasteiger partial charge is 0.351 e. The van der Waals surface area contributed by atoms with E-state index in [9.17, 15) is 4.79 Å². The average molecular weight is 284 g/mol. The van der Waals surface area contributed by atoms with Crippen LogP contribution in [0.4, 0.5) is 5.82 Å². The highest BCUT2D eigenvalue weighted by atomic mass is 16.1. The molecule has 0 bridgehead atoms. The third kappa shape index (κ3) is 2.69. The molecule has 1 aliphatic rings. The summed E-state index contributed by atoms with van der Waals surface area (Å²) in [7, 11) is 0. The summed E-state index contributed by atoms with van der Waals surface area (Å²) in [5.74, 6) is 5.86. The molecule has 1 fully saturated rings. The van der Waals surface area contributed by atoms with E-state index >= 15 is 0 Å². The highest BCUT2D eigenvalue weighted by Gasteiger charge is 2.32. The topological polar surface area (TPSA) is 80.0 Å². The molecule has 0 atom stereocenters. The lowest BCUT2D eigenvalue weighted by atomic mass is 9.70. The third-order valence-corrected chi connectivity index (χ3v) is 4.35. The van der Waals surface area contributed by atoms with Gasteiger partial charge in [-0.2, -0.15) is 0 Å². The number of carbonyl (C=O) groups excluding carboxylic acids is 1. The predicted octanol–water partition coefficient (Wildman–Crippen LogP) is 2.44. The number of amides is 1. The Bertz CT molecular complexity index is 679. The van der Waals surface area contributed by atoms with Gasteiger partial charge in [-0.05, 0) is 30.4 Å². The summed E-state index contributed by atoms with van der Waals surface area (Å²) in [4.78, 5) is 16.9. The number of nitrogens with zero attached hydrogens (tertiary/aromatic N) is 1. The molecule has 1 amide bonds. The fourth-order valence-corrected chi connectivity index (χ4v) is 2.78. The Morgan fingerprint density at radius 1 is 1.38 bits per heavy atom. The van der Waals surface area contributed by atoms with E-state index < -0.39 is 0 Å². The number of nitrogen functional groups attached to an aromatic ring is 1. The maximum atomic E-state index is 12.5. The van der Waals surface area contributed by atoms with Crippen LogP contribution < -0.4 is 16.6 Å². The summed E-state index contributed by atoms with van der Waals surface area (Å²) in [6, 6.07) is 9.28. The first-order valence-corrected chi connectivity index (χ1v) is 7.26. The van der Waals surface area contributed by atoms with Gasteiger partial charge in [0.2, 0.25) is 0 Å². The summed E-state index contributed by atoms with van der Waals surface area (Å²) in [6.07, 6.45) is 3.62. The van der Waals surface area contributed by atoms with Crippen molar-refractivity contribution in [2.45, 2.75) is 26.2 Å². The first-order chi connectivity index (χ1) is 10.1. The monoisotopic (exact) mass is 284 g/mol. The molecule has 1 heterocycles. The number of hydrogen-bond acceptors (Lipinski definition) is 4. The van der Waals surface area contributed by atoms with E-state index in [1.165, 1.54) is 19.3 Å². The molecule has 1 saturated carbocycles. The molecule has 2 aromatic rings. The van der Waals surface area contributed by atoms with E-state index in [1.807, 2.05) is 24.3 Å². The molecule has 0 aliphatic heterocycles. The summed E-state index contributed by atoms with van der Waals surface area (Å²) >= 11 is 0. The fourth-order valence-electron chi connectivity index (χ4n) is 2.78. The van der Waals surface area contributed by atoms with Crippen molar-refractivity contribution in [1.82, 2.24) is 10.3 Å². The fraction of sp³-hybridized carbons (Fsp3) is 0.375. The molecule has 0 spiro atoms. The Hall–Kier alpha value is -2.14. The highest BCUT2D eigenvalue weighted by molar-refractivity contribution is 6.06. The molecule has 3 rings (SSSR count). The number of benzene rings is 1. The van der Waals surface area contributed by atoms with Gasteiger partial charge in [-0.3, -0.25) is 4.79 Å². The number of nitrogens with two attached hydrogens (primary N) is 1. The molecule has 110 valence electrons. The van der Waals surface area contributed by atoms with Gasteiger partial charge in [0.05, 0.1) is 11.1 Å². The molecule has 0 saturated heterocycles. The SMILES string of the molecule is CC1(CNC(=O)c2cc(NN)nc3ccccc23)CCC1. The normalized spacial score (nSPS) is 16.3. The third-order valence-electron chi connectivity index (χ3n) is 4.35. The van der Waals surface area contributed by atoms with Crippen LogP contribution in [0.15, 0.2) is 30.3 Å². The maximum Gasteiger partial charge on any atom is 0.252 e. The van der Waals surface area contributed by atoms with Crippen LogP contribution in [0.5, 0.6) is 0 Å². The summed E-state index contributed by atoms with van der Waals surface area (Å²) in [6.45, 7) is 2.93. The van der Waals surface area contributed by atoms with Gasteiger partial charge in [0.1, 0.15) is 5.82 Å². The molecule has 1 aromatic heterocycles. The van der Waals surface area contributed by atoms with Crippen molar-refractivity contribution in [3.63, 3.8) is 0 Å². The van der Waals surface area contributed by atoms with Crippen LogP contribution in [0.2, 0.25) is 0 Å². The van der Waals surface area contributed by atoms with E-state index in [4.69, 9.17) is 5.84 Å². The minimum Gasteiger partial charge on any atom is -0.351 e. The zero-order valence-corrected chi connectivity index (χ0v) is 12.1. The van der Waals surface area contributed by atoms with Gasteiger partial charge in [-0.25, -0.2) is 10.8 Å². The lowest BCUT2D eigenvalue weighted by molar-refractivity contribution is 0.0892. The molecular formula is C16H20N4O. The minimum absolute atomic E-state index is 0.0711. The second-order valence-corrected chi connectivity index (χ2v) is 6.06. The molecule has 4 N–H and O–H groups in total. The number of aromatic nitrogens is 1. The lowest BCUT2D eigenvalue weighted by Gasteiger charge is -2.38. The number of nitrogens with one attached hydrogen (secondary N) is 2. The van der Waals surface area contributed by atoms with Gasteiger partial charge in [0, 0.05) is 11.9 Å². The molecule has 21 heavy (non-hydrogen) atoms. The zero-order chi connectivity index (χ0) is 14.9. The first kappa shape index (κ1) is 13.8. The summed E-state index contributed by atoms with van der Waals surface area (Å²) in [5, 5.41) is 3.89. The number of fused-ring (bicyclic) bond motifs is 1. The van der Waals surface area contributed by atoms with Gasteiger partial charge >= 0.3 is 0 Å². The summed E-state index contributed by atoms with van der Waals surface area (Å²) < 4.78 is 0. The lowest BCUT2D eigenvalue weighted by Crippen LogP contribution is -2.40. The van der Waals surface area contributed by atoms with Crippen LogP contribution in [0.3, 0.4) is 0 Å². The van der Waals surface area contributed by atoms with Crippen LogP contribution >= 0.6 is 0 Å². The Balaban J connectivity index is 1.89. The van der Waals surface area contributed by atoms with Gasteiger partial charge < -0.3 is 10.7 Å². The first-order valence-electron chi connectivity index (χ1n) is 7.26. The number of para-hydroxylation sites is 1. The van der Waals surface area contributed by atoms with Crippen LogP contribution in [0, 0.1) is 5.41 Å². The van der Waals surface area contributed by atoms with E-state index in [0.717, 1.165) is 10.9 Å². The Morgan fingerprint density at radius 3 is 2.81 bits per heavy atom. The van der Waals surface area contributed by atoms with E-state index in [2.05, 4.69) is 22.7 Å². The Labute approximate surface area is 123 Å². The Kier molecular flexibility index (Phi) is 3.51. The molecule has 0 radical (unpaired) electrons. The van der Waals surface area contributed by atoms with E-state index in [0.29, 0.717) is 17.9 Å². The van der Waals surface area contributed by atoms with Crippen molar-refractivity contribution < 1.29 is 4.79 Å². The molecule has 5 heteroatoms. The van der Waals surface area contributed by atoms with Crippen LogP contribution in [0.25, 0.3) is 10.9 Å². The van der Waals surface area contributed by atoms with Gasteiger partial charge in [-0.15, -0.1) is 0 Å². The Morgan fingerprint density at radius 2 is 2.14 bits per heavy atom. The van der Waals surface area contributed by atoms with Crippen molar-refractivity contribution >= 4 is 22.6 Å². The van der Waals surface area contributed by atoms with Gasteiger partial charge in [-0.1, -0.05) is 31.5 Å². The zero-order valence-electron chi connectivity index (χ0n) is 12.1. The van der Waals surface area contributed by atoms with Crippen molar-refractivity contribution in [2.75, 3.05) is 12.0 Å². The molecular weight excluding hydrogens is 264 g/mol. The standard InChI is InChI=1S/C16H20N4O/c1-16(7-4-8-16)10-18-15(21)12-9-14(20-17)19-13-6-3-2-5-11(12)13/h2-3,5-6,9H,4,7-8,10,17H2,1H3,(H,18,21)(H,19,20). The smallest absolute Gasteiger partial charge is 0.252 e.